The van der Waals surface area contributed by atoms with E-state index in [0.29, 0.717) is 0 Å². The van der Waals surface area contributed by atoms with Crippen molar-refractivity contribution in [1.29, 1.82) is 0 Å². The number of hydrogen-bond acceptors (Lipinski definition) is 3. The van der Waals surface area contributed by atoms with E-state index in [1.807, 2.05) is 45.2 Å². The summed E-state index contributed by atoms with van der Waals surface area (Å²) in [7, 11) is 0. The van der Waals surface area contributed by atoms with Crippen LogP contribution >= 0.6 is 24.0 Å². The molecule has 0 amide bonds. The summed E-state index contributed by atoms with van der Waals surface area (Å²) >= 11 is 5.05. The average Bonchev–Trinajstić information content (AvgIpc) is 2.85. The molecule has 1 nitrogen and oxygen atoms in total. The van der Waals surface area contributed by atoms with Gasteiger partial charge in [-0.25, -0.2) is 0 Å². The molecule has 1 rings (SSSR count). The molecular formula is C15H28OS2. The standard InChI is InChI=1S/C12H18OS.C2H6.CH4S/c1-11(2,3)12(4,5)10(13)9-7-6-8-14-9;2*1-2/h6-8H,1-5H3;1-2H3;2H,1H3. The van der Waals surface area contributed by atoms with Crippen LogP contribution in [0.1, 0.15) is 58.1 Å². The van der Waals surface area contributed by atoms with Gasteiger partial charge >= 0.3 is 0 Å². The molecule has 0 radical (unpaired) electrons. The van der Waals surface area contributed by atoms with Crippen molar-refractivity contribution < 1.29 is 4.79 Å². The first-order valence-electron chi connectivity index (χ1n) is 6.30. The number of Topliss-reactive ketones (excluding diaryl/α,β-unsaturated/α-hetero) is 1. The van der Waals surface area contributed by atoms with Gasteiger partial charge in [-0.1, -0.05) is 54.5 Å². The van der Waals surface area contributed by atoms with Gasteiger partial charge in [-0.15, -0.1) is 11.3 Å². The average molecular weight is 289 g/mol. The van der Waals surface area contributed by atoms with Gasteiger partial charge in [0.2, 0.25) is 0 Å². The molecule has 1 aromatic heterocycles. The zero-order valence-corrected chi connectivity index (χ0v) is 14.7. The summed E-state index contributed by atoms with van der Waals surface area (Å²) in [5, 5.41) is 1.95. The highest BCUT2D eigenvalue weighted by Gasteiger charge is 2.40. The zero-order chi connectivity index (χ0) is 15.0. The topological polar surface area (TPSA) is 17.1 Å². The van der Waals surface area contributed by atoms with Crippen LogP contribution in [0.4, 0.5) is 0 Å². The second-order valence-electron chi connectivity index (χ2n) is 5.18. The van der Waals surface area contributed by atoms with E-state index in [4.69, 9.17) is 0 Å². The van der Waals surface area contributed by atoms with Gasteiger partial charge in [-0.2, -0.15) is 12.6 Å². The van der Waals surface area contributed by atoms with Gasteiger partial charge in [-0.3, -0.25) is 4.79 Å². The van der Waals surface area contributed by atoms with Crippen LogP contribution < -0.4 is 0 Å². The highest BCUT2D eigenvalue weighted by Crippen LogP contribution is 2.41. The lowest BCUT2D eigenvalue weighted by Gasteiger charge is -2.36. The summed E-state index contributed by atoms with van der Waals surface area (Å²) in [4.78, 5) is 13.1. The lowest BCUT2D eigenvalue weighted by Crippen LogP contribution is -2.37. The first-order chi connectivity index (χ1) is 8.27. The Kier molecular flexibility index (Phi) is 9.75. The molecule has 0 spiro atoms. The number of ketones is 1. The molecule has 0 aliphatic carbocycles. The summed E-state index contributed by atoms with van der Waals surface area (Å²) < 4.78 is 0. The molecule has 0 fully saturated rings. The predicted molar refractivity (Wildman–Crippen MR) is 88.1 cm³/mol. The lowest BCUT2D eigenvalue weighted by molar-refractivity contribution is 0.0630. The Morgan fingerprint density at radius 1 is 1.11 bits per heavy atom. The molecule has 0 saturated carbocycles. The fourth-order valence-corrected chi connectivity index (χ4v) is 1.88. The predicted octanol–water partition coefficient (Wildman–Crippen LogP) is 5.58. The van der Waals surface area contributed by atoms with Gasteiger partial charge in [-0.05, 0) is 23.1 Å². The normalized spacial score (nSPS) is 10.7. The SMILES string of the molecule is CC.CC(C)(C)C(C)(C)C(=O)c1cccs1.CS. The van der Waals surface area contributed by atoms with E-state index in [9.17, 15) is 4.79 Å². The molecular weight excluding hydrogens is 260 g/mol. The Balaban J connectivity index is 0. The number of thiophene rings is 1. The van der Waals surface area contributed by atoms with Gasteiger partial charge in [0.05, 0.1) is 4.88 Å². The maximum atomic E-state index is 12.2. The molecule has 1 aromatic rings. The van der Waals surface area contributed by atoms with E-state index >= 15 is 0 Å². The Bertz CT molecular complexity index is 319. The van der Waals surface area contributed by atoms with Gasteiger partial charge in [0.1, 0.15) is 0 Å². The fraction of sp³-hybridized carbons (Fsp3) is 0.667. The van der Waals surface area contributed by atoms with Crippen LogP contribution in [0, 0.1) is 10.8 Å². The molecule has 0 N–H and O–H groups in total. The molecule has 0 atom stereocenters. The van der Waals surface area contributed by atoms with E-state index in [0.717, 1.165) is 4.88 Å². The highest BCUT2D eigenvalue weighted by molar-refractivity contribution is 7.79. The van der Waals surface area contributed by atoms with E-state index in [1.165, 1.54) is 11.3 Å². The maximum Gasteiger partial charge on any atom is 0.178 e. The number of hydrogen-bond donors (Lipinski definition) is 1. The monoisotopic (exact) mass is 288 g/mol. The molecule has 0 bridgehead atoms. The first-order valence-corrected chi connectivity index (χ1v) is 8.07. The smallest absolute Gasteiger partial charge is 0.178 e. The van der Waals surface area contributed by atoms with Crippen LogP contribution in [0.5, 0.6) is 0 Å². The molecule has 0 saturated heterocycles. The number of carbonyl (C=O) groups excluding carboxylic acids is 1. The second kappa shape index (κ2) is 8.76. The molecule has 1 heterocycles. The van der Waals surface area contributed by atoms with Crippen molar-refractivity contribution in [3.63, 3.8) is 0 Å². The molecule has 18 heavy (non-hydrogen) atoms. The summed E-state index contributed by atoms with van der Waals surface area (Å²) in [5.74, 6) is 0.250. The number of carbonyl (C=O) groups is 1. The maximum absolute atomic E-state index is 12.2. The quantitative estimate of drug-likeness (QED) is 0.555. The van der Waals surface area contributed by atoms with Crippen molar-refractivity contribution in [3.05, 3.63) is 22.4 Å². The second-order valence-corrected chi connectivity index (χ2v) is 6.13. The molecule has 0 unspecified atom stereocenters. The van der Waals surface area contributed by atoms with Crippen molar-refractivity contribution in [3.8, 4) is 0 Å². The van der Waals surface area contributed by atoms with Crippen molar-refractivity contribution in [2.24, 2.45) is 10.8 Å². The highest BCUT2D eigenvalue weighted by atomic mass is 32.1. The molecule has 0 aliphatic heterocycles. The Morgan fingerprint density at radius 2 is 1.56 bits per heavy atom. The van der Waals surface area contributed by atoms with Crippen LogP contribution in [-0.2, 0) is 0 Å². The molecule has 0 aliphatic rings. The van der Waals surface area contributed by atoms with Crippen molar-refractivity contribution in [2.75, 3.05) is 6.26 Å². The minimum absolute atomic E-state index is 0.00588. The van der Waals surface area contributed by atoms with Crippen LogP contribution in [-0.4, -0.2) is 12.0 Å². The third kappa shape index (κ3) is 5.15. The summed E-state index contributed by atoms with van der Waals surface area (Å²) in [6.45, 7) is 14.4. The summed E-state index contributed by atoms with van der Waals surface area (Å²) in [5.41, 5.74) is -0.314. The Labute approximate surface area is 122 Å². The number of thiol groups is 1. The van der Waals surface area contributed by atoms with Gasteiger partial charge in [0.15, 0.2) is 5.78 Å². The van der Waals surface area contributed by atoms with E-state index in [2.05, 4.69) is 33.4 Å². The van der Waals surface area contributed by atoms with Crippen molar-refractivity contribution in [2.45, 2.75) is 48.5 Å². The Morgan fingerprint density at radius 3 is 1.83 bits per heavy atom. The Hall–Kier alpha value is -0.280. The van der Waals surface area contributed by atoms with Crippen molar-refractivity contribution >= 4 is 29.7 Å². The summed E-state index contributed by atoms with van der Waals surface area (Å²) in [6, 6.07) is 3.83. The van der Waals surface area contributed by atoms with Gasteiger partial charge < -0.3 is 0 Å². The van der Waals surface area contributed by atoms with Crippen LogP contribution in [0.3, 0.4) is 0 Å². The van der Waals surface area contributed by atoms with Crippen molar-refractivity contribution in [1.82, 2.24) is 0 Å². The lowest BCUT2D eigenvalue weighted by atomic mass is 9.66. The van der Waals surface area contributed by atoms with Gasteiger partial charge in [0.25, 0.3) is 0 Å². The zero-order valence-electron chi connectivity index (χ0n) is 13.0. The van der Waals surface area contributed by atoms with Crippen LogP contribution in [0.25, 0.3) is 0 Å². The minimum Gasteiger partial charge on any atom is -0.293 e. The van der Waals surface area contributed by atoms with Crippen LogP contribution in [0.2, 0.25) is 0 Å². The third-order valence-corrected chi connectivity index (χ3v) is 4.06. The van der Waals surface area contributed by atoms with E-state index in [-0.39, 0.29) is 16.6 Å². The fourth-order valence-electron chi connectivity index (χ4n) is 1.06. The first kappa shape index (κ1) is 20.0. The van der Waals surface area contributed by atoms with Gasteiger partial charge in [0, 0.05) is 5.41 Å². The third-order valence-electron chi connectivity index (χ3n) is 3.19. The minimum atomic E-state index is -0.308. The van der Waals surface area contributed by atoms with E-state index in [1.54, 1.807) is 6.26 Å². The molecule has 3 heteroatoms. The summed E-state index contributed by atoms with van der Waals surface area (Å²) in [6.07, 6.45) is 1.69. The van der Waals surface area contributed by atoms with Crippen LogP contribution in [0.15, 0.2) is 17.5 Å². The molecule has 106 valence electrons. The number of rotatable bonds is 2. The molecule has 0 aromatic carbocycles. The van der Waals surface area contributed by atoms with E-state index < -0.39 is 0 Å². The largest absolute Gasteiger partial charge is 0.293 e.